The van der Waals surface area contributed by atoms with Crippen LogP contribution in [0.25, 0.3) is 33.6 Å². The van der Waals surface area contributed by atoms with Gasteiger partial charge in [0.25, 0.3) is 0 Å². The number of allylic oxidation sites excluding steroid dienone is 3. The van der Waals surface area contributed by atoms with Crippen molar-refractivity contribution in [2.75, 3.05) is 5.73 Å². The number of nitrogens with zero attached hydrogens (tertiary/aromatic N) is 3. The smallest absolute Gasteiger partial charge is 0.211 e. The Balaban J connectivity index is 1.99. The summed E-state index contributed by atoms with van der Waals surface area (Å²) in [6.07, 6.45) is 7.57. The number of para-hydroxylation sites is 1. The Morgan fingerprint density at radius 3 is 2.76 bits per heavy atom. The number of hydrogen-bond donors (Lipinski definition) is 2. The molecule has 0 radical (unpaired) electrons. The summed E-state index contributed by atoms with van der Waals surface area (Å²) in [7, 11) is 0. The van der Waals surface area contributed by atoms with Gasteiger partial charge in [-0.05, 0) is 42.3 Å². The molecule has 0 aliphatic carbocycles. The minimum absolute atomic E-state index is 0.272. The normalized spacial score (nSPS) is 11.9. The zero-order valence-corrected chi connectivity index (χ0v) is 18.5. The van der Waals surface area contributed by atoms with Crippen LogP contribution in [0.2, 0.25) is 0 Å². The number of amides is 1. The van der Waals surface area contributed by atoms with Crippen molar-refractivity contribution in [3.8, 4) is 0 Å². The molecule has 1 amide bonds. The molecular weight excluding hydrogens is 433 g/mol. The van der Waals surface area contributed by atoms with Gasteiger partial charge in [-0.3, -0.25) is 9.59 Å². The second-order valence-corrected chi connectivity index (χ2v) is 7.61. The SMILES string of the molecule is C=Cc1c(/C(C)=C/C=C\NC=O)c2nc(C=O)c(F)cc2n1Cc1cc(N)nc2ccccc12. The van der Waals surface area contributed by atoms with Gasteiger partial charge in [-0.2, -0.15) is 0 Å². The summed E-state index contributed by atoms with van der Waals surface area (Å²) < 4.78 is 16.6. The maximum absolute atomic E-state index is 14.7. The Labute approximate surface area is 195 Å². The van der Waals surface area contributed by atoms with Crippen LogP contribution in [-0.4, -0.2) is 27.2 Å². The molecule has 34 heavy (non-hydrogen) atoms. The average molecular weight is 455 g/mol. The van der Waals surface area contributed by atoms with E-state index in [-0.39, 0.29) is 5.69 Å². The van der Waals surface area contributed by atoms with Gasteiger partial charge in [0, 0.05) is 29.8 Å². The van der Waals surface area contributed by atoms with Gasteiger partial charge in [0.15, 0.2) is 12.1 Å². The highest BCUT2D eigenvalue weighted by atomic mass is 19.1. The van der Waals surface area contributed by atoms with E-state index in [1.807, 2.05) is 35.8 Å². The van der Waals surface area contributed by atoms with E-state index in [9.17, 15) is 14.0 Å². The molecule has 4 rings (SSSR count). The molecule has 0 unspecified atom stereocenters. The van der Waals surface area contributed by atoms with Crippen LogP contribution < -0.4 is 11.1 Å². The summed E-state index contributed by atoms with van der Waals surface area (Å²) in [4.78, 5) is 30.6. The molecular formula is C26H22FN5O2. The topological polar surface area (TPSA) is 103 Å². The Bertz CT molecular complexity index is 1500. The summed E-state index contributed by atoms with van der Waals surface area (Å²) in [6, 6.07) is 10.7. The van der Waals surface area contributed by atoms with Gasteiger partial charge in [0.05, 0.1) is 22.2 Å². The molecule has 0 saturated carbocycles. The Morgan fingerprint density at radius 2 is 2.03 bits per heavy atom. The number of carbonyl (C=O) groups excluding carboxylic acids is 2. The largest absolute Gasteiger partial charge is 0.384 e. The van der Waals surface area contributed by atoms with Crippen molar-refractivity contribution in [3.05, 3.63) is 89.7 Å². The molecule has 3 aromatic heterocycles. The average Bonchev–Trinajstić information content (AvgIpc) is 3.13. The van der Waals surface area contributed by atoms with Crippen molar-refractivity contribution in [1.82, 2.24) is 19.9 Å². The highest BCUT2D eigenvalue weighted by Crippen LogP contribution is 2.34. The maximum Gasteiger partial charge on any atom is 0.211 e. The molecule has 0 aliphatic rings. The van der Waals surface area contributed by atoms with E-state index in [1.165, 1.54) is 12.3 Å². The van der Waals surface area contributed by atoms with Crippen LogP contribution in [0.1, 0.15) is 34.2 Å². The zero-order valence-electron chi connectivity index (χ0n) is 18.5. The molecule has 4 aromatic rings. The fourth-order valence-electron chi connectivity index (χ4n) is 4.07. The lowest BCUT2D eigenvalue weighted by molar-refractivity contribution is -0.108. The lowest BCUT2D eigenvalue weighted by Crippen LogP contribution is -2.05. The van der Waals surface area contributed by atoms with Crippen LogP contribution in [0.15, 0.2) is 61.3 Å². The van der Waals surface area contributed by atoms with Crippen LogP contribution in [0.3, 0.4) is 0 Å². The van der Waals surface area contributed by atoms with E-state index in [2.05, 4.69) is 21.9 Å². The van der Waals surface area contributed by atoms with Gasteiger partial charge in [-0.1, -0.05) is 30.9 Å². The minimum atomic E-state index is -0.709. The molecule has 0 aliphatic heterocycles. The van der Waals surface area contributed by atoms with Crippen molar-refractivity contribution in [3.63, 3.8) is 0 Å². The number of carbonyl (C=O) groups is 2. The Kier molecular flexibility index (Phi) is 6.31. The summed E-state index contributed by atoms with van der Waals surface area (Å²) in [5.41, 5.74) is 10.6. The molecule has 0 fully saturated rings. The van der Waals surface area contributed by atoms with Crippen molar-refractivity contribution in [2.24, 2.45) is 0 Å². The van der Waals surface area contributed by atoms with E-state index in [4.69, 9.17) is 5.73 Å². The van der Waals surface area contributed by atoms with Crippen molar-refractivity contribution in [2.45, 2.75) is 13.5 Å². The second-order valence-electron chi connectivity index (χ2n) is 7.61. The molecule has 0 bridgehead atoms. The molecule has 3 heterocycles. The Hall–Kier alpha value is -4.59. The van der Waals surface area contributed by atoms with Crippen LogP contribution in [0, 0.1) is 5.82 Å². The quantitative estimate of drug-likeness (QED) is 0.301. The number of rotatable bonds is 8. The monoisotopic (exact) mass is 455 g/mol. The van der Waals surface area contributed by atoms with Gasteiger partial charge in [-0.25, -0.2) is 14.4 Å². The number of benzene rings is 1. The first-order valence-corrected chi connectivity index (χ1v) is 10.5. The van der Waals surface area contributed by atoms with E-state index < -0.39 is 5.82 Å². The number of aromatic nitrogens is 3. The minimum Gasteiger partial charge on any atom is -0.384 e. The molecule has 170 valence electrons. The van der Waals surface area contributed by atoms with E-state index in [1.54, 1.807) is 24.3 Å². The van der Waals surface area contributed by atoms with E-state index in [0.717, 1.165) is 22.0 Å². The number of nitrogen functional groups attached to an aromatic ring is 1. The van der Waals surface area contributed by atoms with Crippen molar-refractivity contribution in [1.29, 1.82) is 0 Å². The predicted molar refractivity (Wildman–Crippen MR) is 132 cm³/mol. The van der Waals surface area contributed by atoms with E-state index in [0.29, 0.717) is 47.3 Å². The molecule has 7 nitrogen and oxygen atoms in total. The highest BCUT2D eigenvalue weighted by Gasteiger charge is 2.21. The molecule has 1 aromatic carbocycles. The molecule has 0 saturated heterocycles. The fraction of sp³-hybridized carbons (Fsp3) is 0.0769. The number of nitrogens with one attached hydrogen (secondary N) is 1. The predicted octanol–water partition coefficient (Wildman–Crippen LogP) is 4.47. The number of fused-ring (bicyclic) bond motifs is 2. The first kappa shape index (κ1) is 22.6. The number of halogens is 1. The number of nitrogens with two attached hydrogens (primary N) is 1. The van der Waals surface area contributed by atoms with Gasteiger partial charge < -0.3 is 15.6 Å². The Morgan fingerprint density at radius 1 is 1.24 bits per heavy atom. The second kappa shape index (κ2) is 9.50. The summed E-state index contributed by atoms with van der Waals surface area (Å²) in [5, 5.41) is 3.37. The number of aldehydes is 1. The third-order valence-electron chi connectivity index (χ3n) is 5.51. The van der Waals surface area contributed by atoms with Crippen LogP contribution in [0.4, 0.5) is 10.2 Å². The van der Waals surface area contributed by atoms with Crippen LogP contribution in [-0.2, 0) is 11.3 Å². The van der Waals surface area contributed by atoms with Crippen molar-refractivity contribution >= 4 is 52.1 Å². The molecule has 8 heteroatoms. The van der Waals surface area contributed by atoms with Crippen LogP contribution >= 0.6 is 0 Å². The standard InChI is InChI=1S/C26H22FN5O2/c1-3-22-25(16(2)7-6-10-29-15-34)26-23(12-19(27)21(14-33)31-26)32(22)13-17-11-24(28)30-20-9-5-4-8-18(17)20/h3-12,14-15H,1,13H2,2H3,(H2,28,30)(H,29,34)/b10-6-,16-7+. The number of anilines is 1. The number of pyridine rings is 2. The van der Waals surface area contributed by atoms with Gasteiger partial charge in [0.1, 0.15) is 11.5 Å². The van der Waals surface area contributed by atoms with Gasteiger partial charge in [0.2, 0.25) is 6.41 Å². The maximum atomic E-state index is 14.7. The lowest BCUT2D eigenvalue weighted by atomic mass is 10.1. The number of hydrogen-bond acceptors (Lipinski definition) is 5. The van der Waals surface area contributed by atoms with Crippen LogP contribution in [0.5, 0.6) is 0 Å². The van der Waals surface area contributed by atoms with Gasteiger partial charge in [-0.15, -0.1) is 0 Å². The molecule has 3 N–H and O–H groups in total. The highest BCUT2D eigenvalue weighted by molar-refractivity contribution is 5.96. The molecule has 0 spiro atoms. The van der Waals surface area contributed by atoms with E-state index >= 15 is 0 Å². The van der Waals surface area contributed by atoms with Gasteiger partial charge >= 0.3 is 0 Å². The first-order chi connectivity index (χ1) is 16.5. The summed E-state index contributed by atoms with van der Waals surface area (Å²) in [5.74, 6) is -0.332. The summed E-state index contributed by atoms with van der Waals surface area (Å²) in [6.45, 7) is 6.19. The third-order valence-corrected chi connectivity index (χ3v) is 5.51. The first-order valence-electron chi connectivity index (χ1n) is 10.5. The van der Waals surface area contributed by atoms with Crippen molar-refractivity contribution < 1.29 is 14.0 Å². The summed E-state index contributed by atoms with van der Waals surface area (Å²) >= 11 is 0. The fourth-order valence-corrected chi connectivity index (χ4v) is 4.07. The third kappa shape index (κ3) is 4.09. The zero-order chi connectivity index (χ0) is 24.2. The lowest BCUT2D eigenvalue weighted by Gasteiger charge is -2.13. The molecule has 0 atom stereocenters.